The number of aromatic nitrogens is 3. The van der Waals surface area contributed by atoms with Gasteiger partial charge in [-0.05, 0) is 79.9 Å². The van der Waals surface area contributed by atoms with Crippen molar-refractivity contribution in [1.29, 1.82) is 0 Å². The van der Waals surface area contributed by atoms with Crippen molar-refractivity contribution in [3.05, 3.63) is 199 Å². The zero-order valence-corrected chi connectivity index (χ0v) is 33.0. The topological polar surface area (TPSA) is 38.7 Å². The van der Waals surface area contributed by atoms with E-state index in [2.05, 4.69) is 184 Å². The third kappa shape index (κ3) is 5.76. The number of thiophene rings is 1. The Morgan fingerprint density at radius 3 is 1.53 bits per heavy atom. The van der Waals surface area contributed by atoms with Gasteiger partial charge in [-0.1, -0.05) is 178 Å². The Kier molecular flexibility index (Phi) is 8.02. The summed E-state index contributed by atoms with van der Waals surface area (Å²) < 4.78 is 2.44. The molecule has 11 rings (SSSR count). The molecule has 58 heavy (non-hydrogen) atoms. The lowest BCUT2D eigenvalue weighted by Crippen LogP contribution is -2.14. The molecule has 0 unspecified atom stereocenters. The fraction of sp³-hybridized carbons (Fsp3) is 0.0556. The number of rotatable bonds is 6. The van der Waals surface area contributed by atoms with Crippen molar-refractivity contribution in [3.63, 3.8) is 0 Å². The highest BCUT2D eigenvalue weighted by atomic mass is 32.1. The van der Waals surface area contributed by atoms with Gasteiger partial charge in [-0.15, -0.1) is 11.3 Å². The molecule has 0 amide bonds. The van der Waals surface area contributed by atoms with Gasteiger partial charge in [-0.25, -0.2) is 15.0 Å². The van der Waals surface area contributed by atoms with E-state index in [1.54, 1.807) is 11.3 Å². The summed E-state index contributed by atoms with van der Waals surface area (Å²) in [5, 5.41) is 2.37. The second-order valence-corrected chi connectivity index (χ2v) is 16.7. The number of hydrogen-bond acceptors (Lipinski definition) is 4. The minimum Gasteiger partial charge on any atom is -0.208 e. The van der Waals surface area contributed by atoms with Crippen molar-refractivity contribution in [2.75, 3.05) is 0 Å². The van der Waals surface area contributed by atoms with E-state index in [1.807, 2.05) is 18.2 Å². The van der Waals surface area contributed by atoms with Gasteiger partial charge < -0.3 is 0 Å². The van der Waals surface area contributed by atoms with Crippen molar-refractivity contribution in [2.24, 2.45) is 0 Å². The molecule has 0 saturated heterocycles. The minimum absolute atomic E-state index is 0.0157. The van der Waals surface area contributed by atoms with E-state index in [9.17, 15) is 0 Å². The van der Waals surface area contributed by atoms with Gasteiger partial charge in [-0.2, -0.15) is 0 Å². The second kappa shape index (κ2) is 13.6. The average Bonchev–Trinajstić information content (AvgIpc) is 3.78. The Hall–Kier alpha value is -7.01. The molecule has 10 aromatic rings. The van der Waals surface area contributed by atoms with Gasteiger partial charge in [0.05, 0.1) is 0 Å². The van der Waals surface area contributed by atoms with E-state index in [0.29, 0.717) is 17.5 Å². The smallest absolute Gasteiger partial charge is 0.164 e. The van der Waals surface area contributed by atoms with Crippen LogP contribution in [0.3, 0.4) is 0 Å². The summed E-state index contributed by atoms with van der Waals surface area (Å²) in [6, 6.07) is 67.3. The second-order valence-electron chi connectivity index (χ2n) is 15.6. The Labute approximate surface area is 342 Å². The summed E-state index contributed by atoms with van der Waals surface area (Å²) in [4.78, 5) is 15.5. The van der Waals surface area contributed by atoms with Crippen LogP contribution in [0.15, 0.2) is 188 Å². The van der Waals surface area contributed by atoms with Gasteiger partial charge in [0.1, 0.15) is 0 Å². The summed E-state index contributed by atoms with van der Waals surface area (Å²) in [5.41, 5.74) is 15.4. The van der Waals surface area contributed by atoms with Crippen LogP contribution in [0.1, 0.15) is 25.0 Å². The van der Waals surface area contributed by atoms with Crippen LogP contribution in [-0.2, 0) is 5.41 Å². The maximum atomic E-state index is 5.23. The van der Waals surface area contributed by atoms with Crippen LogP contribution in [-0.4, -0.2) is 15.0 Å². The number of hydrogen-bond donors (Lipinski definition) is 0. The summed E-state index contributed by atoms with van der Waals surface area (Å²) in [6.07, 6.45) is 0. The summed E-state index contributed by atoms with van der Waals surface area (Å²) in [6.45, 7) is 4.65. The summed E-state index contributed by atoms with van der Waals surface area (Å²) in [7, 11) is 0. The van der Waals surface area contributed by atoms with Gasteiger partial charge in [0.2, 0.25) is 0 Å². The maximum absolute atomic E-state index is 5.23. The first-order valence-electron chi connectivity index (χ1n) is 19.8. The van der Waals surface area contributed by atoms with Gasteiger partial charge in [0.25, 0.3) is 0 Å². The Morgan fingerprint density at radius 1 is 0.345 bits per heavy atom. The van der Waals surface area contributed by atoms with E-state index >= 15 is 0 Å². The fourth-order valence-corrected chi connectivity index (χ4v) is 9.84. The average molecular weight is 760 g/mol. The minimum atomic E-state index is -0.0157. The van der Waals surface area contributed by atoms with Crippen LogP contribution in [0.5, 0.6) is 0 Å². The lowest BCUT2D eigenvalue weighted by molar-refractivity contribution is 0.660. The first-order valence-corrected chi connectivity index (χ1v) is 20.6. The first-order chi connectivity index (χ1) is 28.5. The van der Waals surface area contributed by atoms with E-state index < -0.39 is 0 Å². The van der Waals surface area contributed by atoms with Crippen molar-refractivity contribution in [2.45, 2.75) is 19.3 Å². The van der Waals surface area contributed by atoms with Crippen molar-refractivity contribution in [1.82, 2.24) is 15.0 Å². The fourth-order valence-electron chi connectivity index (χ4n) is 8.73. The zero-order valence-electron chi connectivity index (χ0n) is 32.1. The highest BCUT2D eigenvalue weighted by molar-refractivity contribution is 7.26. The molecule has 1 aliphatic carbocycles. The van der Waals surface area contributed by atoms with E-state index in [4.69, 9.17) is 15.0 Å². The molecule has 3 nitrogen and oxygen atoms in total. The number of nitrogens with zero attached hydrogens (tertiary/aromatic N) is 3. The lowest BCUT2D eigenvalue weighted by Gasteiger charge is -2.21. The zero-order chi connectivity index (χ0) is 38.8. The molecule has 0 bridgehead atoms. The normalized spacial score (nSPS) is 12.8. The van der Waals surface area contributed by atoms with Crippen LogP contribution in [0.4, 0.5) is 0 Å². The van der Waals surface area contributed by atoms with Crippen molar-refractivity contribution < 1.29 is 0 Å². The molecule has 0 spiro atoms. The molecule has 0 N–H and O–H groups in total. The van der Waals surface area contributed by atoms with Crippen LogP contribution < -0.4 is 0 Å². The van der Waals surface area contributed by atoms with Gasteiger partial charge in [-0.3, -0.25) is 0 Å². The summed E-state index contributed by atoms with van der Waals surface area (Å²) >= 11 is 1.81. The van der Waals surface area contributed by atoms with Gasteiger partial charge in [0, 0.05) is 42.3 Å². The van der Waals surface area contributed by atoms with E-state index in [0.717, 1.165) is 27.6 Å². The summed E-state index contributed by atoms with van der Waals surface area (Å²) in [5.74, 6) is 1.96. The lowest BCUT2D eigenvalue weighted by atomic mass is 9.82. The highest BCUT2D eigenvalue weighted by Gasteiger charge is 2.35. The molecule has 0 fully saturated rings. The van der Waals surface area contributed by atoms with Crippen LogP contribution in [0.2, 0.25) is 0 Å². The Morgan fingerprint density at radius 2 is 0.828 bits per heavy atom. The van der Waals surface area contributed by atoms with Crippen LogP contribution in [0.25, 0.3) is 98.8 Å². The van der Waals surface area contributed by atoms with Crippen LogP contribution >= 0.6 is 11.3 Å². The number of benzene rings is 8. The molecule has 0 aliphatic heterocycles. The third-order valence-electron chi connectivity index (χ3n) is 11.8. The number of fused-ring (bicyclic) bond motifs is 6. The molecule has 8 aromatic carbocycles. The van der Waals surface area contributed by atoms with Crippen molar-refractivity contribution in [3.8, 4) is 78.7 Å². The van der Waals surface area contributed by atoms with E-state index in [1.165, 1.54) is 64.9 Å². The highest BCUT2D eigenvalue weighted by Crippen LogP contribution is 2.49. The first kappa shape index (κ1) is 34.3. The standard InChI is InChI=1S/C54H37N3S/c1-54(2)46-18-10-9-16-42(46)44-32-40(28-30-47(44)54)37-24-26-39(27-25-37)52-55-51(38-14-7-4-8-15-38)56-53(57-52)43-17-11-19-49-50(43)45-33-41(29-31-48(45)58-49)36-22-20-35(21-23-36)34-12-5-3-6-13-34/h3-33H,1-2H3. The third-order valence-corrected chi connectivity index (χ3v) is 12.9. The van der Waals surface area contributed by atoms with Crippen molar-refractivity contribution >= 4 is 31.5 Å². The van der Waals surface area contributed by atoms with E-state index in [-0.39, 0.29) is 5.41 Å². The largest absolute Gasteiger partial charge is 0.208 e. The van der Waals surface area contributed by atoms with Gasteiger partial charge >= 0.3 is 0 Å². The Balaban J connectivity index is 0.999. The monoisotopic (exact) mass is 759 g/mol. The molecule has 2 aromatic heterocycles. The quantitative estimate of drug-likeness (QED) is 0.169. The molecule has 4 heteroatoms. The molecule has 2 heterocycles. The Bertz CT molecular complexity index is 3160. The van der Waals surface area contributed by atoms with Crippen LogP contribution in [0, 0.1) is 0 Å². The molecule has 0 atom stereocenters. The molecule has 274 valence electrons. The van der Waals surface area contributed by atoms with Gasteiger partial charge in [0.15, 0.2) is 17.5 Å². The molecule has 1 aliphatic rings. The maximum Gasteiger partial charge on any atom is 0.164 e. The predicted octanol–water partition coefficient (Wildman–Crippen LogP) is 14.5. The molecule has 0 radical (unpaired) electrons. The molecule has 0 saturated carbocycles. The predicted molar refractivity (Wildman–Crippen MR) is 243 cm³/mol. The molecular formula is C54H37N3S. The molecular weight excluding hydrogens is 723 g/mol. The SMILES string of the molecule is CC1(C)c2ccccc2-c2cc(-c3ccc(-c4nc(-c5ccccc5)nc(-c5cccc6sc7ccc(-c8ccc(-c9ccccc9)cc8)cc7c56)n4)cc3)ccc21.